The molecule has 1 aromatic rings. The molecule has 8 heteroatoms. The minimum Gasteiger partial charge on any atom is -0.392 e. The molecule has 5 nitrogen and oxygen atoms in total. The number of nitrogens with one attached hydrogen (secondary N) is 1. The SMILES string of the molecule is O=S(=O)(NCC1CCCOC1)c1cc(Cl)cc(CO)c1F. The molecular formula is C13H17ClFNO4S. The largest absolute Gasteiger partial charge is 0.392 e. The summed E-state index contributed by atoms with van der Waals surface area (Å²) in [4.78, 5) is -0.546. The van der Waals surface area contributed by atoms with Crippen LogP contribution < -0.4 is 4.72 Å². The summed E-state index contributed by atoms with van der Waals surface area (Å²) in [6.45, 7) is 0.739. The first-order chi connectivity index (χ1) is 9.94. The van der Waals surface area contributed by atoms with E-state index in [0.29, 0.717) is 13.2 Å². The van der Waals surface area contributed by atoms with Gasteiger partial charge in [0.15, 0.2) is 0 Å². The van der Waals surface area contributed by atoms with Gasteiger partial charge in [-0.1, -0.05) is 11.6 Å². The molecule has 0 radical (unpaired) electrons. The maximum absolute atomic E-state index is 14.1. The molecule has 0 amide bonds. The minimum absolute atomic E-state index is 0.0572. The number of hydrogen-bond donors (Lipinski definition) is 2. The molecule has 0 bridgehead atoms. The molecule has 1 aliphatic rings. The zero-order valence-corrected chi connectivity index (χ0v) is 12.9. The fraction of sp³-hybridized carbons (Fsp3) is 0.538. The highest BCUT2D eigenvalue weighted by atomic mass is 35.5. The first kappa shape index (κ1) is 16.6. The van der Waals surface area contributed by atoms with E-state index in [1.807, 2.05) is 0 Å². The fourth-order valence-corrected chi connectivity index (χ4v) is 3.77. The van der Waals surface area contributed by atoms with Gasteiger partial charge in [-0.25, -0.2) is 17.5 Å². The normalized spacial score (nSPS) is 19.7. The molecule has 2 N–H and O–H groups in total. The second kappa shape index (κ2) is 7.02. The van der Waals surface area contributed by atoms with Crippen LogP contribution in [0.3, 0.4) is 0 Å². The molecule has 1 aromatic carbocycles. The van der Waals surface area contributed by atoms with Crippen LogP contribution in [0.1, 0.15) is 18.4 Å². The average Bonchev–Trinajstić information content (AvgIpc) is 2.48. The summed E-state index contributed by atoms with van der Waals surface area (Å²) < 4.78 is 46.1. The molecular weight excluding hydrogens is 321 g/mol. The van der Waals surface area contributed by atoms with Crippen molar-refractivity contribution < 1.29 is 22.7 Å². The van der Waals surface area contributed by atoms with E-state index >= 15 is 0 Å². The Kier molecular flexibility index (Phi) is 5.56. The van der Waals surface area contributed by atoms with E-state index in [1.165, 1.54) is 6.07 Å². The molecule has 0 aromatic heterocycles. The topological polar surface area (TPSA) is 75.6 Å². The van der Waals surface area contributed by atoms with E-state index < -0.39 is 27.3 Å². The van der Waals surface area contributed by atoms with Crippen LogP contribution in [0.4, 0.5) is 4.39 Å². The van der Waals surface area contributed by atoms with E-state index in [1.54, 1.807) is 0 Å². The minimum atomic E-state index is -4.02. The van der Waals surface area contributed by atoms with E-state index in [-0.39, 0.29) is 23.0 Å². The lowest BCUT2D eigenvalue weighted by Crippen LogP contribution is -2.33. The van der Waals surface area contributed by atoms with Gasteiger partial charge in [0.2, 0.25) is 10.0 Å². The average molecular weight is 338 g/mol. The predicted octanol–water partition coefficient (Wildman–Crippen LogP) is 1.68. The van der Waals surface area contributed by atoms with E-state index in [0.717, 1.165) is 18.9 Å². The van der Waals surface area contributed by atoms with Gasteiger partial charge in [-0.2, -0.15) is 0 Å². The van der Waals surface area contributed by atoms with Crippen molar-refractivity contribution in [2.45, 2.75) is 24.3 Å². The Morgan fingerprint density at radius 2 is 2.24 bits per heavy atom. The van der Waals surface area contributed by atoms with Crippen molar-refractivity contribution >= 4 is 21.6 Å². The molecule has 1 heterocycles. The monoisotopic (exact) mass is 337 g/mol. The summed E-state index contributed by atoms with van der Waals surface area (Å²) in [5.41, 5.74) is -0.149. The van der Waals surface area contributed by atoms with Crippen molar-refractivity contribution in [3.05, 3.63) is 28.5 Å². The summed E-state index contributed by atoms with van der Waals surface area (Å²) in [7, 11) is -4.02. The molecule has 1 aliphatic heterocycles. The smallest absolute Gasteiger partial charge is 0.243 e. The van der Waals surface area contributed by atoms with Gasteiger partial charge in [0, 0.05) is 23.7 Å². The van der Waals surface area contributed by atoms with Gasteiger partial charge in [0.25, 0.3) is 0 Å². The Morgan fingerprint density at radius 3 is 2.86 bits per heavy atom. The number of ether oxygens (including phenoxy) is 1. The van der Waals surface area contributed by atoms with Crippen LogP contribution in [-0.4, -0.2) is 33.3 Å². The summed E-state index contributed by atoms with van der Waals surface area (Å²) in [6.07, 6.45) is 1.75. The van der Waals surface area contributed by atoms with Crippen LogP contribution in [0.15, 0.2) is 17.0 Å². The van der Waals surface area contributed by atoms with Crippen LogP contribution in [0.25, 0.3) is 0 Å². The summed E-state index contributed by atoms with van der Waals surface area (Å²) in [5.74, 6) is -0.901. The van der Waals surface area contributed by atoms with E-state index in [4.69, 9.17) is 21.4 Å². The van der Waals surface area contributed by atoms with Gasteiger partial charge >= 0.3 is 0 Å². The number of halogens is 2. The van der Waals surface area contributed by atoms with Gasteiger partial charge in [-0.15, -0.1) is 0 Å². The third kappa shape index (κ3) is 4.14. The van der Waals surface area contributed by atoms with E-state index in [9.17, 15) is 12.8 Å². The molecule has 1 unspecified atom stereocenters. The van der Waals surface area contributed by atoms with Gasteiger partial charge in [0.05, 0.1) is 13.2 Å². The molecule has 0 aliphatic carbocycles. The Morgan fingerprint density at radius 1 is 1.48 bits per heavy atom. The lowest BCUT2D eigenvalue weighted by atomic mass is 10.0. The van der Waals surface area contributed by atoms with Gasteiger partial charge in [-0.3, -0.25) is 0 Å². The van der Waals surface area contributed by atoms with Crippen LogP contribution in [0.5, 0.6) is 0 Å². The third-order valence-electron chi connectivity index (χ3n) is 3.36. The molecule has 2 rings (SSSR count). The quantitative estimate of drug-likeness (QED) is 0.857. The van der Waals surface area contributed by atoms with Gasteiger partial charge in [0.1, 0.15) is 10.7 Å². The van der Waals surface area contributed by atoms with Crippen molar-refractivity contribution in [1.82, 2.24) is 4.72 Å². The highest BCUT2D eigenvalue weighted by Gasteiger charge is 2.24. The van der Waals surface area contributed by atoms with E-state index in [2.05, 4.69) is 4.72 Å². The summed E-state index contributed by atoms with van der Waals surface area (Å²) >= 11 is 5.77. The standard InChI is InChI=1S/C13H17ClFNO4S/c14-11-4-10(7-17)13(15)12(5-11)21(18,19)16-6-9-2-1-3-20-8-9/h4-5,9,16-17H,1-3,6-8H2. The Labute approximate surface area is 128 Å². The van der Waals surface area contributed by atoms with Crippen molar-refractivity contribution in [3.8, 4) is 0 Å². The molecule has 1 fully saturated rings. The zero-order valence-electron chi connectivity index (χ0n) is 11.3. The molecule has 1 atom stereocenters. The maximum atomic E-state index is 14.1. The Bertz CT molecular complexity index is 602. The molecule has 0 saturated carbocycles. The fourth-order valence-electron chi connectivity index (χ4n) is 2.20. The van der Waals surface area contributed by atoms with Gasteiger partial charge in [-0.05, 0) is 30.9 Å². The number of sulfonamides is 1. The number of aliphatic hydroxyl groups excluding tert-OH is 1. The van der Waals surface area contributed by atoms with Gasteiger partial charge < -0.3 is 9.84 Å². The Balaban J connectivity index is 2.17. The first-order valence-corrected chi connectivity index (χ1v) is 8.46. The first-order valence-electron chi connectivity index (χ1n) is 6.60. The Hall–Kier alpha value is -0.730. The lowest BCUT2D eigenvalue weighted by molar-refractivity contribution is 0.0568. The number of hydrogen-bond acceptors (Lipinski definition) is 4. The molecule has 21 heavy (non-hydrogen) atoms. The summed E-state index contributed by atoms with van der Waals surface area (Å²) in [6, 6.07) is 2.24. The van der Waals surface area contributed by atoms with Crippen molar-refractivity contribution in [3.63, 3.8) is 0 Å². The molecule has 118 valence electrons. The zero-order chi connectivity index (χ0) is 15.5. The maximum Gasteiger partial charge on any atom is 0.243 e. The van der Waals surface area contributed by atoms with Crippen LogP contribution in [0.2, 0.25) is 5.02 Å². The number of benzene rings is 1. The van der Waals surface area contributed by atoms with Crippen LogP contribution >= 0.6 is 11.6 Å². The lowest BCUT2D eigenvalue weighted by Gasteiger charge is -2.22. The van der Waals surface area contributed by atoms with Crippen LogP contribution in [0, 0.1) is 11.7 Å². The second-order valence-electron chi connectivity index (χ2n) is 4.97. The van der Waals surface area contributed by atoms with Crippen LogP contribution in [-0.2, 0) is 21.4 Å². The summed E-state index contributed by atoms with van der Waals surface area (Å²) in [5, 5.41) is 9.09. The number of aliphatic hydroxyl groups is 1. The third-order valence-corrected chi connectivity index (χ3v) is 5.00. The number of rotatable bonds is 5. The molecule has 0 spiro atoms. The van der Waals surface area contributed by atoms with Crippen molar-refractivity contribution in [2.24, 2.45) is 5.92 Å². The second-order valence-corrected chi connectivity index (χ2v) is 7.14. The van der Waals surface area contributed by atoms with Crippen molar-refractivity contribution in [1.29, 1.82) is 0 Å². The highest BCUT2D eigenvalue weighted by molar-refractivity contribution is 7.89. The highest BCUT2D eigenvalue weighted by Crippen LogP contribution is 2.24. The van der Waals surface area contributed by atoms with Crippen molar-refractivity contribution in [2.75, 3.05) is 19.8 Å². The molecule has 1 saturated heterocycles. The predicted molar refractivity (Wildman–Crippen MR) is 76.1 cm³/mol.